The van der Waals surface area contributed by atoms with E-state index in [1.54, 1.807) is 0 Å². The maximum absolute atomic E-state index is 11.1. The number of hydrogen-bond acceptors (Lipinski definition) is 3. The van der Waals surface area contributed by atoms with Crippen LogP contribution in [0, 0.1) is 5.92 Å². The van der Waals surface area contributed by atoms with Crippen LogP contribution in [0.2, 0.25) is 0 Å². The maximum Gasteiger partial charge on any atom is 0.267 e. The van der Waals surface area contributed by atoms with Crippen LogP contribution in [0.4, 0.5) is 0 Å². The van der Waals surface area contributed by atoms with Crippen molar-refractivity contribution in [3.8, 4) is 0 Å². The van der Waals surface area contributed by atoms with Crippen molar-refractivity contribution in [1.82, 2.24) is 0 Å². The fourth-order valence-electron chi connectivity index (χ4n) is 2.27. The van der Waals surface area contributed by atoms with Gasteiger partial charge in [-0.2, -0.15) is 8.42 Å². The second-order valence-corrected chi connectivity index (χ2v) is 7.44. The normalized spacial score (nSPS) is 13.6. The molecular formula is C15H32O3S. The Bertz CT molecular complexity index is 286. The van der Waals surface area contributed by atoms with Crippen LogP contribution in [0.1, 0.15) is 78.1 Å². The zero-order valence-corrected chi connectivity index (χ0v) is 13.8. The van der Waals surface area contributed by atoms with Crippen LogP contribution in [0.5, 0.6) is 0 Å². The lowest BCUT2D eigenvalue weighted by Gasteiger charge is -2.10. The zero-order chi connectivity index (χ0) is 14.6. The van der Waals surface area contributed by atoms with Gasteiger partial charge in [0.15, 0.2) is 0 Å². The molecule has 0 aromatic heterocycles. The summed E-state index contributed by atoms with van der Waals surface area (Å²) in [6, 6.07) is 0. The van der Waals surface area contributed by atoms with E-state index in [9.17, 15) is 8.42 Å². The first-order valence-electron chi connectivity index (χ1n) is 7.80. The lowest BCUT2D eigenvalue weighted by atomic mass is 9.96. The van der Waals surface area contributed by atoms with Crippen molar-refractivity contribution in [2.75, 3.05) is 12.9 Å². The maximum atomic E-state index is 11.1. The molecule has 0 N–H and O–H groups in total. The molecule has 1 unspecified atom stereocenters. The van der Waals surface area contributed by atoms with Gasteiger partial charge in [-0.3, -0.25) is 4.18 Å². The Balaban J connectivity index is 3.31. The minimum Gasteiger partial charge on any atom is -0.273 e. The summed E-state index contributed by atoms with van der Waals surface area (Å²) in [6.45, 7) is 4.59. The Kier molecular flexibility index (Phi) is 11.7. The third-order valence-corrected chi connectivity index (χ3v) is 4.94. The van der Waals surface area contributed by atoms with Crippen molar-refractivity contribution in [3.63, 3.8) is 0 Å². The van der Waals surface area contributed by atoms with Gasteiger partial charge in [-0.05, 0) is 12.3 Å². The summed E-state index contributed by atoms with van der Waals surface area (Å²) in [5.74, 6) is 1.01. The van der Waals surface area contributed by atoms with E-state index in [0.29, 0.717) is 0 Å². The van der Waals surface area contributed by atoms with Crippen LogP contribution in [0.3, 0.4) is 0 Å². The van der Waals surface area contributed by atoms with E-state index in [0.717, 1.165) is 25.2 Å². The monoisotopic (exact) mass is 292 g/mol. The van der Waals surface area contributed by atoms with Gasteiger partial charge in [-0.25, -0.2) is 0 Å². The van der Waals surface area contributed by atoms with Crippen LogP contribution in [0.25, 0.3) is 0 Å². The second-order valence-electron chi connectivity index (χ2n) is 5.59. The van der Waals surface area contributed by atoms with E-state index >= 15 is 0 Å². The third kappa shape index (κ3) is 12.7. The molecule has 3 nitrogen and oxygen atoms in total. The molecule has 0 heterocycles. The van der Waals surface area contributed by atoms with Crippen molar-refractivity contribution in [3.05, 3.63) is 0 Å². The van der Waals surface area contributed by atoms with Crippen LogP contribution in [-0.4, -0.2) is 21.3 Å². The lowest BCUT2D eigenvalue weighted by Crippen LogP contribution is -2.07. The Morgan fingerprint density at radius 1 is 0.895 bits per heavy atom. The molecule has 0 aromatic carbocycles. The van der Waals surface area contributed by atoms with Crippen LogP contribution < -0.4 is 0 Å². The van der Waals surface area contributed by atoms with E-state index in [2.05, 4.69) is 18.0 Å². The molecule has 0 aromatic rings. The molecule has 116 valence electrons. The predicted molar refractivity (Wildman–Crippen MR) is 81.8 cm³/mol. The molecule has 0 rings (SSSR count). The van der Waals surface area contributed by atoms with Crippen molar-refractivity contribution in [1.29, 1.82) is 0 Å². The summed E-state index contributed by atoms with van der Waals surface area (Å²) in [5.41, 5.74) is 0. The Labute approximate surface area is 120 Å². The lowest BCUT2D eigenvalue weighted by molar-refractivity contribution is 0.395. The highest BCUT2D eigenvalue weighted by Crippen LogP contribution is 2.17. The predicted octanol–water partition coefficient (Wildman–Crippen LogP) is 4.52. The number of hydrogen-bond donors (Lipinski definition) is 0. The minimum atomic E-state index is -3.24. The molecule has 0 aliphatic carbocycles. The second kappa shape index (κ2) is 11.7. The van der Waals surface area contributed by atoms with Gasteiger partial charge in [0, 0.05) is 0 Å². The zero-order valence-electron chi connectivity index (χ0n) is 13.0. The van der Waals surface area contributed by atoms with Gasteiger partial charge in [-0.15, -0.1) is 0 Å². The molecule has 19 heavy (non-hydrogen) atoms. The summed E-state index contributed by atoms with van der Waals surface area (Å²) in [7, 11) is -2.01. The van der Waals surface area contributed by atoms with Gasteiger partial charge >= 0.3 is 0 Å². The van der Waals surface area contributed by atoms with Crippen molar-refractivity contribution in [2.24, 2.45) is 5.92 Å². The van der Waals surface area contributed by atoms with E-state index in [4.69, 9.17) is 0 Å². The highest BCUT2D eigenvalue weighted by Gasteiger charge is 2.07. The van der Waals surface area contributed by atoms with E-state index in [1.165, 1.54) is 52.1 Å². The van der Waals surface area contributed by atoms with E-state index in [-0.39, 0.29) is 5.75 Å². The Morgan fingerprint density at radius 2 is 1.42 bits per heavy atom. The summed E-state index contributed by atoms with van der Waals surface area (Å²) in [6.07, 6.45) is 12.1. The van der Waals surface area contributed by atoms with Crippen LogP contribution in [0.15, 0.2) is 0 Å². The van der Waals surface area contributed by atoms with Gasteiger partial charge in [0.2, 0.25) is 0 Å². The Morgan fingerprint density at radius 3 is 2.00 bits per heavy atom. The molecule has 0 radical (unpaired) electrons. The smallest absolute Gasteiger partial charge is 0.267 e. The van der Waals surface area contributed by atoms with Crippen LogP contribution >= 0.6 is 0 Å². The summed E-state index contributed by atoms with van der Waals surface area (Å²) in [4.78, 5) is 0. The van der Waals surface area contributed by atoms with Gasteiger partial charge in [0.25, 0.3) is 10.1 Å². The molecule has 0 fully saturated rings. The quantitative estimate of drug-likeness (QED) is 0.370. The third-order valence-electron chi connectivity index (χ3n) is 3.65. The fraction of sp³-hybridized carbons (Fsp3) is 1.00. The largest absolute Gasteiger partial charge is 0.273 e. The van der Waals surface area contributed by atoms with Crippen molar-refractivity contribution < 1.29 is 12.6 Å². The molecule has 0 amide bonds. The molecule has 4 heteroatoms. The fourth-order valence-corrected chi connectivity index (χ4v) is 3.00. The first kappa shape index (κ1) is 18.9. The summed E-state index contributed by atoms with van der Waals surface area (Å²) < 4.78 is 26.6. The molecule has 0 saturated carbocycles. The summed E-state index contributed by atoms with van der Waals surface area (Å²) >= 11 is 0. The Hall–Kier alpha value is -0.0900. The topological polar surface area (TPSA) is 43.4 Å². The SMILES string of the molecule is CCCCCC(C)CCCCCCCS(=O)(=O)OC. The average Bonchev–Trinajstić information content (AvgIpc) is 2.38. The van der Waals surface area contributed by atoms with Gasteiger partial charge in [-0.1, -0.05) is 71.6 Å². The molecule has 0 aliphatic heterocycles. The van der Waals surface area contributed by atoms with Gasteiger partial charge in [0.1, 0.15) is 0 Å². The highest BCUT2D eigenvalue weighted by molar-refractivity contribution is 7.86. The minimum absolute atomic E-state index is 0.164. The van der Waals surface area contributed by atoms with E-state index < -0.39 is 10.1 Å². The van der Waals surface area contributed by atoms with Gasteiger partial charge < -0.3 is 0 Å². The van der Waals surface area contributed by atoms with Gasteiger partial charge in [0.05, 0.1) is 12.9 Å². The molecule has 1 atom stereocenters. The van der Waals surface area contributed by atoms with Crippen molar-refractivity contribution >= 4 is 10.1 Å². The van der Waals surface area contributed by atoms with E-state index in [1.807, 2.05) is 0 Å². The molecule has 0 saturated heterocycles. The molecule has 0 aliphatic rings. The highest BCUT2D eigenvalue weighted by atomic mass is 32.2. The molecule has 0 bridgehead atoms. The average molecular weight is 292 g/mol. The standard InChI is InChI=1S/C15H32O3S/c1-4-5-9-12-15(2)13-10-7-6-8-11-14-19(16,17)18-3/h15H,4-14H2,1-3H3. The van der Waals surface area contributed by atoms with Crippen molar-refractivity contribution in [2.45, 2.75) is 78.1 Å². The number of rotatable bonds is 13. The molecular weight excluding hydrogens is 260 g/mol. The number of unbranched alkanes of at least 4 members (excludes halogenated alkanes) is 6. The first-order chi connectivity index (χ1) is 9.02. The van der Waals surface area contributed by atoms with Crippen LogP contribution in [-0.2, 0) is 14.3 Å². The first-order valence-corrected chi connectivity index (χ1v) is 9.38. The molecule has 0 spiro atoms. The summed E-state index contributed by atoms with van der Waals surface area (Å²) in [5, 5.41) is 0.